The number of hydrogen-bond donors (Lipinski definition) is 0. The molecule has 0 unspecified atom stereocenters. The Balaban J connectivity index is 2.17. The number of carbonyl (C=O) groups is 1. The molecular weight excluding hydrogens is 224 g/mol. The number of halogens is 1. The summed E-state index contributed by atoms with van der Waals surface area (Å²) in [6.07, 6.45) is 2.04. The van der Waals surface area contributed by atoms with E-state index in [1.807, 2.05) is 18.2 Å². The molecule has 16 heavy (non-hydrogen) atoms. The molecule has 2 rings (SSSR count). The highest BCUT2D eigenvalue weighted by molar-refractivity contribution is 6.31. The Morgan fingerprint density at radius 1 is 1.38 bits per heavy atom. The minimum absolute atomic E-state index is 0.0197. The van der Waals surface area contributed by atoms with Crippen LogP contribution in [0.3, 0.4) is 0 Å². The molecule has 0 N–H and O–H groups in total. The van der Waals surface area contributed by atoms with E-state index in [0.717, 1.165) is 5.56 Å². The van der Waals surface area contributed by atoms with E-state index in [9.17, 15) is 4.79 Å². The summed E-state index contributed by atoms with van der Waals surface area (Å²) in [5.74, 6) is -0.0197. The van der Waals surface area contributed by atoms with Gasteiger partial charge in [-0.25, -0.2) is 0 Å². The lowest BCUT2D eigenvalue weighted by Gasteiger charge is -2.01. The van der Waals surface area contributed by atoms with Crippen LogP contribution in [-0.4, -0.2) is 15.6 Å². The zero-order valence-electron chi connectivity index (χ0n) is 8.85. The van der Waals surface area contributed by atoms with E-state index in [4.69, 9.17) is 11.6 Å². The monoisotopic (exact) mass is 234 g/mol. The van der Waals surface area contributed by atoms with Gasteiger partial charge in [0.2, 0.25) is 0 Å². The van der Waals surface area contributed by atoms with Crippen molar-refractivity contribution in [2.75, 3.05) is 0 Å². The highest BCUT2D eigenvalue weighted by Gasteiger charge is 2.11. The highest BCUT2D eigenvalue weighted by atomic mass is 35.5. The number of benzene rings is 1. The van der Waals surface area contributed by atoms with E-state index in [0.29, 0.717) is 10.7 Å². The largest absolute Gasteiger partial charge is 0.292 e. The molecule has 0 spiro atoms. The Bertz CT molecular complexity index is 519. The molecule has 0 fully saturated rings. The number of Topliss-reactive ketones (excluding diaryl/α,β-unsaturated/α-hetero) is 1. The molecule has 4 heteroatoms. The second-order valence-corrected chi connectivity index (χ2v) is 3.97. The molecule has 0 saturated heterocycles. The van der Waals surface area contributed by atoms with Gasteiger partial charge in [0.1, 0.15) is 5.69 Å². The van der Waals surface area contributed by atoms with Crippen LogP contribution < -0.4 is 0 Å². The average molecular weight is 235 g/mol. The fourth-order valence-electron chi connectivity index (χ4n) is 1.47. The summed E-state index contributed by atoms with van der Waals surface area (Å²) >= 11 is 5.98. The average Bonchev–Trinajstić information content (AvgIpc) is 2.68. The van der Waals surface area contributed by atoms with Crippen LogP contribution in [0.2, 0.25) is 5.02 Å². The van der Waals surface area contributed by atoms with Gasteiger partial charge in [-0.2, -0.15) is 5.10 Å². The molecule has 0 radical (unpaired) electrons. The van der Waals surface area contributed by atoms with E-state index < -0.39 is 0 Å². The van der Waals surface area contributed by atoms with Gasteiger partial charge >= 0.3 is 0 Å². The number of aromatic nitrogens is 2. The number of carbonyl (C=O) groups excluding carboxylic acids is 1. The first kappa shape index (κ1) is 10.9. The number of aryl methyl sites for hydroxylation is 1. The Morgan fingerprint density at radius 3 is 2.75 bits per heavy atom. The predicted octanol–water partition coefficient (Wildman–Crippen LogP) is 2.50. The first-order valence-electron chi connectivity index (χ1n) is 4.93. The summed E-state index contributed by atoms with van der Waals surface area (Å²) in [4.78, 5) is 11.8. The fourth-order valence-corrected chi connectivity index (χ4v) is 1.67. The molecule has 0 aliphatic rings. The Kier molecular flexibility index (Phi) is 3.06. The van der Waals surface area contributed by atoms with Crippen molar-refractivity contribution in [3.63, 3.8) is 0 Å². The molecule has 1 aromatic carbocycles. The van der Waals surface area contributed by atoms with Crippen molar-refractivity contribution < 1.29 is 4.79 Å². The van der Waals surface area contributed by atoms with Crippen LogP contribution in [-0.2, 0) is 13.5 Å². The number of rotatable bonds is 3. The summed E-state index contributed by atoms with van der Waals surface area (Å²) in [6.45, 7) is 0. The summed E-state index contributed by atoms with van der Waals surface area (Å²) in [6, 6.07) is 9.05. The molecule has 82 valence electrons. The lowest BCUT2D eigenvalue weighted by molar-refractivity contribution is 0.0987. The van der Waals surface area contributed by atoms with Crippen molar-refractivity contribution in [1.82, 2.24) is 9.78 Å². The van der Waals surface area contributed by atoms with Crippen LogP contribution >= 0.6 is 11.6 Å². The minimum Gasteiger partial charge on any atom is -0.292 e. The lowest BCUT2D eigenvalue weighted by atomic mass is 10.1. The van der Waals surface area contributed by atoms with Gasteiger partial charge in [0.15, 0.2) is 5.78 Å². The standard InChI is InChI=1S/C12H11ClN2O/c1-15-7-6-11(14-15)12(16)8-9-4-2-3-5-10(9)13/h2-7H,8H2,1H3. The first-order chi connectivity index (χ1) is 7.66. The van der Waals surface area contributed by atoms with Gasteiger partial charge in [-0.05, 0) is 17.7 Å². The van der Waals surface area contributed by atoms with Crippen LogP contribution in [0.1, 0.15) is 16.1 Å². The molecular formula is C12H11ClN2O. The maximum absolute atomic E-state index is 11.8. The van der Waals surface area contributed by atoms with Crippen molar-refractivity contribution in [2.45, 2.75) is 6.42 Å². The topological polar surface area (TPSA) is 34.9 Å². The van der Waals surface area contributed by atoms with E-state index in [1.165, 1.54) is 0 Å². The molecule has 1 heterocycles. The second-order valence-electron chi connectivity index (χ2n) is 3.57. The SMILES string of the molecule is Cn1ccc(C(=O)Cc2ccccc2Cl)n1. The zero-order chi connectivity index (χ0) is 11.5. The van der Waals surface area contributed by atoms with Crippen LogP contribution in [0.15, 0.2) is 36.5 Å². The zero-order valence-corrected chi connectivity index (χ0v) is 9.61. The molecule has 3 nitrogen and oxygen atoms in total. The first-order valence-corrected chi connectivity index (χ1v) is 5.31. The van der Waals surface area contributed by atoms with Gasteiger partial charge in [0.05, 0.1) is 0 Å². The lowest BCUT2D eigenvalue weighted by Crippen LogP contribution is -2.05. The normalized spacial score (nSPS) is 10.4. The van der Waals surface area contributed by atoms with E-state index in [-0.39, 0.29) is 12.2 Å². The van der Waals surface area contributed by atoms with Gasteiger partial charge in [0, 0.05) is 24.7 Å². The second kappa shape index (κ2) is 4.49. The molecule has 0 saturated carbocycles. The third-order valence-corrected chi connectivity index (χ3v) is 2.68. The van der Waals surface area contributed by atoms with Crippen molar-refractivity contribution >= 4 is 17.4 Å². The smallest absolute Gasteiger partial charge is 0.187 e. The molecule has 0 atom stereocenters. The van der Waals surface area contributed by atoms with Crippen molar-refractivity contribution in [3.05, 3.63) is 52.8 Å². The molecule has 1 aromatic heterocycles. The maximum Gasteiger partial charge on any atom is 0.187 e. The van der Waals surface area contributed by atoms with Crippen molar-refractivity contribution in [1.29, 1.82) is 0 Å². The summed E-state index contributed by atoms with van der Waals surface area (Å²) in [5.41, 5.74) is 1.31. The van der Waals surface area contributed by atoms with Gasteiger partial charge in [-0.3, -0.25) is 9.48 Å². The number of nitrogens with zero attached hydrogens (tertiary/aromatic N) is 2. The predicted molar refractivity (Wildman–Crippen MR) is 62.7 cm³/mol. The minimum atomic E-state index is -0.0197. The third kappa shape index (κ3) is 2.31. The Labute approximate surface area is 98.7 Å². The summed E-state index contributed by atoms with van der Waals surface area (Å²) in [7, 11) is 1.78. The van der Waals surface area contributed by atoms with Crippen LogP contribution in [0, 0.1) is 0 Å². The van der Waals surface area contributed by atoms with Gasteiger partial charge in [0.25, 0.3) is 0 Å². The van der Waals surface area contributed by atoms with Gasteiger partial charge in [-0.15, -0.1) is 0 Å². The maximum atomic E-state index is 11.8. The van der Waals surface area contributed by atoms with Crippen molar-refractivity contribution in [3.8, 4) is 0 Å². The third-order valence-electron chi connectivity index (χ3n) is 2.31. The van der Waals surface area contributed by atoms with Crippen LogP contribution in [0.4, 0.5) is 0 Å². The summed E-state index contributed by atoms with van der Waals surface area (Å²) < 4.78 is 1.61. The Morgan fingerprint density at radius 2 is 2.12 bits per heavy atom. The van der Waals surface area contributed by atoms with Gasteiger partial charge < -0.3 is 0 Å². The summed E-state index contributed by atoms with van der Waals surface area (Å²) in [5, 5.41) is 4.68. The quantitative estimate of drug-likeness (QED) is 0.765. The molecule has 0 aliphatic heterocycles. The molecule has 2 aromatic rings. The van der Waals surface area contributed by atoms with Gasteiger partial charge in [-0.1, -0.05) is 29.8 Å². The fraction of sp³-hybridized carbons (Fsp3) is 0.167. The van der Waals surface area contributed by atoms with Crippen LogP contribution in [0.5, 0.6) is 0 Å². The Hall–Kier alpha value is -1.61. The van der Waals surface area contributed by atoms with E-state index >= 15 is 0 Å². The molecule has 0 bridgehead atoms. The van der Waals surface area contributed by atoms with E-state index in [2.05, 4.69) is 5.10 Å². The number of ketones is 1. The van der Waals surface area contributed by atoms with Crippen LogP contribution in [0.25, 0.3) is 0 Å². The molecule has 0 amide bonds. The number of hydrogen-bond acceptors (Lipinski definition) is 2. The highest BCUT2D eigenvalue weighted by Crippen LogP contribution is 2.16. The van der Waals surface area contributed by atoms with Crippen molar-refractivity contribution in [2.24, 2.45) is 7.05 Å². The molecule has 0 aliphatic carbocycles. The van der Waals surface area contributed by atoms with E-state index in [1.54, 1.807) is 30.1 Å².